The number of benzene rings is 2. The van der Waals surface area contributed by atoms with E-state index < -0.39 is 0 Å². The molecule has 1 aliphatic rings. The number of aromatic nitrogens is 7. The van der Waals surface area contributed by atoms with Crippen LogP contribution in [0.1, 0.15) is 21.9 Å². The zero-order valence-corrected chi connectivity index (χ0v) is 15.8. The SMILES string of the molecule is O=C(c1ccccc1)c1nc(-c2ncn3c2Cn2ncnc2-c2cc(F)ccc2-3)no1. The maximum Gasteiger partial charge on any atom is 0.299 e. The van der Waals surface area contributed by atoms with Crippen molar-refractivity contribution in [1.29, 1.82) is 0 Å². The average molecular weight is 413 g/mol. The average Bonchev–Trinajstić information content (AvgIpc) is 3.53. The molecule has 0 amide bonds. The van der Waals surface area contributed by atoms with Crippen LogP contribution in [0.3, 0.4) is 0 Å². The third kappa shape index (κ3) is 2.69. The number of carbonyl (C=O) groups excluding carboxylic acids is 1. The molecule has 3 aromatic heterocycles. The number of fused-ring (bicyclic) bond motifs is 5. The van der Waals surface area contributed by atoms with Gasteiger partial charge in [0.1, 0.15) is 24.2 Å². The van der Waals surface area contributed by atoms with Crippen molar-refractivity contribution >= 4 is 5.78 Å². The summed E-state index contributed by atoms with van der Waals surface area (Å²) in [5.74, 6) is -0.152. The molecule has 5 aromatic rings. The first-order chi connectivity index (χ1) is 15.2. The van der Waals surface area contributed by atoms with E-state index in [-0.39, 0.29) is 23.3 Å². The van der Waals surface area contributed by atoms with Gasteiger partial charge in [0.2, 0.25) is 5.82 Å². The molecule has 1 aliphatic heterocycles. The number of carbonyl (C=O) groups is 1. The van der Waals surface area contributed by atoms with Crippen LogP contribution in [0.25, 0.3) is 28.6 Å². The lowest BCUT2D eigenvalue weighted by atomic mass is 10.1. The molecular formula is C21H12FN7O2. The van der Waals surface area contributed by atoms with Crippen LogP contribution in [0.5, 0.6) is 0 Å². The molecule has 9 nitrogen and oxygen atoms in total. The highest BCUT2D eigenvalue weighted by Gasteiger charge is 2.27. The van der Waals surface area contributed by atoms with Gasteiger partial charge in [0.05, 0.1) is 17.9 Å². The molecule has 0 radical (unpaired) electrons. The first-order valence-electron chi connectivity index (χ1n) is 9.37. The molecule has 2 aromatic carbocycles. The standard InChI is InChI=1S/C21H12FN7O2/c22-13-6-7-15-14(8-13)20-23-10-25-29(20)9-16-17(24-11-28(15)16)19-26-21(31-27-19)18(30)12-4-2-1-3-5-12/h1-8,10-11H,9H2. The molecule has 0 aliphatic carbocycles. The van der Waals surface area contributed by atoms with Crippen LogP contribution in [-0.2, 0) is 6.54 Å². The van der Waals surface area contributed by atoms with Crippen LogP contribution in [-0.4, -0.2) is 40.2 Å². The summed E-state index contributed by atoms with van der Waals surface area (Å²) in [6, 6.07) is 13.1. The van der Waals surface area contributed by atoms with Crippen molar-refractivity contribution in [2.24, 2.45) is 0 Å². The van der Waals surface area contributed by atoms with Crippen LogP contribution in [0.15, 0.2) is 65.7 Å². The van der Waals surface area contributed by atoms with Gasteiger partial charge in [-0.1, -0.05) is 35.5 Å². The van der Waals surface area contributed by atoms with Crippen LogP contribution in [0.2, 0.25) is 0 Å². The predicted molar refractivity (Wildman–Crippen MR) is 105 cm³/mol. The Hall–Kier alpha value is -4.47. The molecule has 0 fully saturated rings. The van der Waals surface area contributed by atoms with Gasteiger partial charge in [0, 0.05) is 11.1 Å². The third-order valence-corrected chi connectivity index (χ3v) is 5.11. The highest BCUT2D eigenvalue weighted by molar-refractivity contribution is 6.05. The Labute approximate surface area is 173 Å². The van der Waals surface area contributed by atoms with Crippen LogP contribution >= 0.6 is 0 Å². The topological polar surface area (TPSA) is 105 Å². The Kier molecular flexibility index (Phi) is 3.66. The fourth-order valence-corrected chi connectivity index (χ4v) is 3.67. The molecule has 6 rings (SSSR count). The largest absolute Gasteiger partial charge is 0.330 e. The van der Waals surface area contributed by atoms with Crippen molar-refractivity contribution in [2.45, 2.75) is 6.54 Å². The van der Waals surface area contributed by atoms with E-state index in [1.807, 2.05) is 10.6 Å². The summed E-state index contributed by atoms with van der Waals surface area (Å²) in [5, 5.41) is 8.22. The van der Waals surface area contributed by atoms with Gasteiger partial charge < -0.3 is 4.52 Å². The normalized spacial score (nSPS) is 12.0. The van der Waals surface area contributed by atoms with E-state index in [2.05, 4.69) is 25.2 Å². The fraction of sp³-hybridized carbons (Fsp3) is 0.0476. The molecule has 10 heteroatoms. The molecule has 0 atom stereocenters. The van der Waals surface area contributed by atoms with Crippen LogP contribution in [0, 0.1) is 5.82 Å². The van der Waals surface area contributed by atoms with Gasteiger partial charge in [-0.3, -0.25) is 9.36 Å². The Bertz CT molecular complexity index is 1450. The van der Waals surface area contributed by atoms with Crippen molar-refractivity contribution in [3.05, 3.63) is 84.2 Å². The Morgan fingerprint density at radius 1 is 1.10 bits per heavy atom. The minimum Gasteiger partial charge on any atom is -0.330 e. The van der Waals surface area contributed by atoms with Gasteiger partial charge >= 0.3 is 0 Å². The van der Waals surface area contributed by atoms with Crippen molar-refractivity contribution in [3.8, 4) is 28.6 Å². The number of hydrogen-bond donors (Lipinski definition) is 0. The molecule has 0 saturated heterocycles. The first-order valence-corrected chi connectivity index (χ1v) is 9.37. The van der Waals surface area contributed by atoms with Crippen LogP contribution < -0.4 is 0 Å². The predicted octanol–water partition coefficient (Wildman–Crippen LogP) is 2.91. The highest BCUT2D eigenvalue weighted by atomic mass is 19.1. The second-order valence-corrected chi connectivity index (χ2v) is 6.93. The monoisotopic (exact) mass is 413 g/mol. The van der Waals surface area contributed by atoms with Crippen molar-refractivity contribution < 1.29 is 13.7 Å². The number of hydrogen-bond acceptors (Lipinski definition) is 7. The molecule has 4 heterocycles. The summed E-state index contributed by atoms with van der Waals surface area (Å²) in [6.07, 6.45) is 3.02. The quantitative estimate of drug-likeness (QED) is 0.411. The molecular weight excluding hydrogens is 401 g/mol. The van der Waals surface area contributed by atoms with E-state index in [9.17, 15) is 9.18 Å². The lowest BCUT2D eigenvalue weighted by Crippen LogP contribution is -2.06. The number of nitrogens with zero attached hydrogens (tertiary/aromatic N) is 7. The number of rotatable bonds is 3. The molecule has 0 saturated carbocycles. The zero-order valence-electron chi connectivity index (χ0n) is 15.8. The zero-order chi connectivity index (χ0) is 20.9. The van der Waals surface area contributed by atoms with Gasteiger partial charge in [-0.15, -0.1) is 0 Å². The van der Waals surface area contributed by atoms with Gasteiger partial charge in [-0.05, 0) is 18.2 Å². The van der Waals surface area contributed by atoms with Gasteiger partial charge in [0.15, 0.2) is 5.82 Å². The third-order valence-electron chi connectivity index (χ3n) is 5.11. The number of imidazole rings is 1. The first kappa shape index (κ1) is 17.4. The van der Waals surface area contributed by atoms with E-state index in [0.717, 1.165) is 0 Å². The van der Waals surface area contributed by atoms with Crippen molar-refractivity contribution in [3.63, 3.8) is 0 Å². The minimum absolute atomic E-state index is 0.125. The van der Waals surface area contributed by atoms with Gasteiger partial charge in [-0.25, -0.2) is 19.0 Å². The van der Waals surface area contributed by atoms with E-state index in [4.69, 9.17) is 4.52 Å². The molecule has 0 unspecified atom stereocenters. The number of ketones is 1. The van der Waals surface area contributed by atoms with E-state index >= 15 is 0 Å². The Morgan fingerprint density at radius 2 is 1.97 bits per heavy atom. The van der Waals surface area contributed by atoms with E-state index in [1.54, 1.807) is 41.3 Å². The van der Waals surface area contributed by atoms with Gasteiger partial charge in [-0.2, -0.15) is 10.1 Å². The molecule has 0 spiro atoms. The molecule has 150 valence electrons. The summed E-state index contributed by atoms with van der Waals surface area (Å²) in [5.41, 5.74) is 2.88. The minimum atomic E-state index is -0.376. The molecule has 0 N–H and O–H groups in total. The second kappa shape index (κ2) is 6.52. The van der Waals surface area contributed by atoms with Crippen molar-refractivity contribution in [2.75, 3.05) is 0 Å². The Balaban J connectivity index is 1.47. The Morgan fingerprint density at radius 3 is 2.84 bits per heavy atom. The number of halogens is 1. The van der Waals surface area contributed by atoms with E-state index in [1.165, 1.54) is 18.5 Å². The molecule has 31 heavy (non-hydrogen) atoms. The van der Waals surface area contributed by atoms with E-state index in [0.29, 0.717) is 40.6 Å². The molecule has 0 bridgehead atoms. The maximum absolute atomic E-state index is 13.9. The fourth-order valence-electron chi connectivity index (χ4n) is 3.67. The summed E-state index contributed by atoms with van der Waals surface area (Å²) < 4.78 is 22.6. The summed E-state index contributed by atoms with van der Waals surface area (Å²) in [7, 11) is 0. The summed E-state index contributed by atoms with van der Waals surface area (Å²) >= 11 is 0. The van der Waals surface area contributed by atoms with Crippen LogP contribution in [0.4, 0.5) is 4.39 Å². The maximum atomic E-state index is 13.9. The summed E-state index contributed by atoms with van der Waals surface area (Å²) in [6.45, 7) is 0.303. The second-order valence-electron chi connectivity index (χ2n) is 6.93. The lowest BCUT2D eigenvalue weighted by molar-refractivity contribution is 0.0994. The van der Waals surface area contributed by atoms with Crippen molar-refractivity contribution in [1.82, 2.24) is 34.5 Å². The smallest absolute Gasteiger partial charge is 0.299 e. The summed E-state index contributed by atoms with van der Waals surface area (Å²) in [4.78, 5) is 25.6. The lowest BCUT2D eigenvalue weighted by Gasteiger charge is -2.08. The highest BCUT2D eigenvalue weighted by Crippen LogP contribution is 2.33. The van der Waals surface area contributed by atoms with Gasteiger partial charge in [0.25, 0.3) is 11.7 Å².